The second kappa shape index (κ2) is 8.93. The van der Waals surface area contributed by atoms with E-state index in [0.717, 1.165) is 25.9 Å². The van der Waals surface area contributed by atoms with Crippen LogP contribution in [0.5, 0.6) is 0 Å². The molecular weight excluding hydrogens is 397 g/mol. The largest absolute Gasteiger partial charge is 0.413 e. The van der Waals surface area contributed by atoms with E-state index >= 15 is 0 Å². The van der Waals surface area contributed by atoms with Crippen LogP contribution in [-0.4, -0.2) is 28.5 Å². The number of fused-ring (bicyclic) bond motifs is 1. The first-order chi connectivity index (χ1) is 11.5. The molecule has 1 aromatic heterocycles. The molecule has 2 heterocycles. The minimum absolute atomic E-state index is 0. The summed E-state index contributed by atoms with van der Waals surface area (Å²) < 4.78 is 2.16. The smallest absolute Gasteiger partial charge is 0.0823 e. The summed E-state index contributed by atoms with van der Waals surface area (Å²) in [5.41, 5.74) is 7.30. The summed E-state index contributed by atoms with van der Waals surface area (Å²) in [6.07, 6.45) is 4.23. The van der Waals surface area contributed by atoms with Crippen LogP contribution in [0.3, 0.4) is 0 Å². The van der Waals surface area contributed by atoms with Gasteiger partial charge in [-0.25, -0.2) is 0 Å². The first kappa shape index (κ1) is 23.2. The van der Waals surface area contributed by atoms with Crippen molar-refractivity contribution >= 4 is 16.8 Å². The topological polar surface area (TPSA) is 25.2 Å². The van der Waals surface area contributed by atoms with Crippen LogP contribution in [0.15, 0.2) is 6.20 Å². The predicted molar refractivity (Wildman–Crippen MR) is 106 cm³/mol. The van der Waals surface area contributed by atoms with Gasteiger partial charge in [-0.2, -0.15) is 11.5 Å². The minimum Gasteiger partial charge on any atom is -0.413 e. The fraction of sp³-hybridized carbons (Fsp3) is 0.545. The Bertz CT molecular complexity index is 779. The number of hydrogen-bond donors (Lipinski definition) is 0. The van der Waals surface area contributed by atoms with Gasteiger partial charge in [0.05, 0.1) is 5.91 Å². The average molecular weight is 429 g/mol. The molecule has 1 fully saturated rings. The van der Waals surface area contributed by atoms with Crippen molar-refractivity contribution in [3.8, 4) is 0 Å². The number of nitrogens with zero attached hydrogens (tertiary/aromatic N) is 2. The zero-order valence-electron chi connectivity index (χ0n) is 17.5. The Balaban J connectivity index is 0.000000258. The van der Waals surface area contributed by atoms with Crippen molar-refractivity contribution in [1.82, 2.24) is 9.47 Å². The fourth-order valence-electron chi connectivity index (χ4n) is 3.50. The Hall–Kier alpha value is -0.796. The number of aromatic nitrogens is 1. The summed E-state index contributed by atoms with van der Waals surface area (Å²) in [5, 5.41) is 1.27. The van der Waals surface area contributed by atoms with Gasteiger partial charge in [-0.15, -0.1) is 11.1 Å². The molecule has 1 radical (unpaired) electrons. The van der Waals surface area contributed by atoms with Gasteiger partial charge in [0, 0.05) is 45.8 Å². The summed E-state index contributed by atoms with van der Waals surface area (Å²) in [5.74, 6) is -0.0273. The van der Waals surface area contributed by atoms with Crippen molar-refractivity contribution in [1.29, 1.82) is 0 Å². The number of amides is 1. The van der Waals surface area contributed by atoms with Gasteiger partial charge in [0.15, 0.2) is 0 Å². The molecule has 141 valence electrons. The molecule has 1 aliphatic heterocycles. The minimum atomic E-state index is -0.0273. The Morgan fingerprint density at radius 3 is 2.04 bits per heavy atom. The third kappa shape index (κ3) is 4.92. The molecule has 3 nitrogen and oxygen atoms in total. The summed E-state index contributed by atoms with van der Waals surface area (Å²) in [4.78, 5) is 12.6. The standard InChI is InChI=1S/C13H16N.C9H16NO.Y/c1-8-9(2)11(4)13-12(10(8)3)6-7-14(13)5;1-8(11)10-6-4-9(2,3)5-7-10;/h7H,1-5H3;1,4-7H2,2-3H3;/q2*-1;. The first-order valence-corrected chi connectivity index (χ1v) is 9.09. The maximum Gasteiger partial charge on any atom is 0.0823 e. The van der Waals surface area contributed by atoms with Crippen molar-refractivity contribution in [2.75, 3.05) is 13.1 Å². The zero-order valence-corrected chi connectivity index (χ0v) is 20.3. The van der Waals surface area contributed by atoms with E-state index in [9.17, 15) is 4.79 Å². The summed E-state index contributed by atoms with van der Waals surface area (Å²) in [6, 6.07) is 3.33. The van der Waals surface area contributed by atoms with E-state index in [-0.39, 0.29) is 38.6 Å². The molecule has 0 atom stereocenters. The Morgan fingerprint density at radius 2 is 1.54 bits per heavy atom. The van der Waals surface area contributed by atoms with Crippen molar-refractivity contribution in [3.63, 3.8) is 0 Å². The van der Waals surface area contributed by atoms with Crippen LogP contribution in [0.4, 0.5) is 0 Å². The number of rotatable bonds is 0. The van der Waals surface area contributed by atoms with E-state index in [1.54, 1.807) is 0 Å². The molecule has 1 saturated heterocycles. The summed E-state index contributed by atoms with van der Waals surface area (Å²) >= 11 is 0. The van der Waals surface area contributed by atoms with Crippen LogP contribution in [0.25, 0.3) is 10.9 Å². The van der Waals surface area contributed by atoms with E-state index < -0.39 is 0 Å². The van der Waals surface area contributed by atoms with Gasteiger partial charge in [0.2, 0.25) is 0 Å². The maximum absolute atomic E-state index is 10.8. The number of likely N-dealkylation sites (tertiary alicyclic amines) is 1. The van der Waals surface area contributed by atoms with E-state index in [0.29, 0.717) is 5.41 Å². The molecule has 26 heavy (non-hydrogen) atoms. The second-order valence-electron chi connectivity index (χ2n) is 8.15. The molecule has 1 amide bonds. The summed E-state index contributed by atoms with van der Waals surface area (Å²) in [6.45, 7) is 18.4. The molecule has 0 bridgehead atoms. The molecule has 0 N–H and O–H groups in total. The van der Waals surface area contributed by atoms with Crippen LogP contribution in [0.2, 0.25) is 0 Å². The fourth-order valence-corrected chi connectivity index (χ4v) is 3.50. The molecular formula is C22H32N2OY-2. The molecule has 1 aromatic carbocycles. The van der Waals surface area contributed by atoms with E-state index in [1.807, 2.05) is 11.1 Å². The Labute approximate surface area is 184 Å². The van der Waals surface area contributed by atoms with Crippen molar-refractivity contribution in [2.24, 2.45) is 12.5 Å². The maximum atomic E-state index is 10.8. The summed E-state index contributed by atoms with van der Waals surface area (Å²) in [7, 11) is 2.08. The third-order valence-electron chi connectivity index (χ3n) is 5.88. The molecule has 2 aromatic rings. The number of carbonyl (C=O) groups is 1. The molecule has 0 saturated carbocycles. The molecule has 0 aliphatic carbocycles. The van der Waals surface area contributed by atoms with E-state index in [2.05, 4.69) is 66.1 Å². The van der Waals surface area contributed by atoms with Crippen LogP contribution in [0, 0.1) is 46.1 Å². The third-order valence-corrected chi connectivity index (χ3v) is 5.88. The molecule has 1 aliphatic rings. The van der Waals surface area contributed by atoms with Crippen molar-refractivity contribution in [3.05, 3.63) is 41.4 Å². The van der Waals surface area contributed by atoms with Crippen LogP contribution < -0.4 is 0 Å². The van der Waals surface area contributed by atoms with Crippen LogP contribution in [-0.2, 0) is 44.6 Å². The molecule has 0 spiro atoms. The average Bonchev–Trinajstić information content (AvgIpc) is 2.93. The first-order valence-electron chi connectivity index (χ1n) is 9.09. The van der Waals surface area contributed by atoms with Gasteiger partial charge < -0.3 is 21.2 Å². The van der Waals surface area contributed by atoms with Crippen LogP contribution in [0.1, 0.15) is 48.9 Å². The Morgan fingerprint density at radius 1 is 1.04 bits per heavy atom. The zero-order chi connectivity index (χ0) is 18.9. The van der Waals surface area contributed by atoms with Crippen LogP contribution >= 0.6 is 0 Å². The number of carbonyl (C=O) groups excluding carboxylic acids is 1. The van der Waals surface area contributed by atoms with E-state index in [4.69, 9.17) is 0 Å². The van der Waals surface area contributed by atoms with E-state index in [1.165, 1.54) is 33.2 Å². The number of piperidine rings is 1. The van der Waals surface area contributed by atoms with Gasteiger partial charge in [-0.1, -0.05) is 50.5 Å². The molecule has 4 heteroatoms. The van der Waals surface area contributed by atoms with Gasteiger partial charge in [0.1, 0.15) is 0 Å². The molecule has 3 rings (SSSR count). The number of aryl methyl sites for hydroxylation is 3. The van der Waals surface area contributed by atoms with Gasteiger partial charge in [-0.3, -0.25) is 0 Å². The predicted octanol–water partition coefficient (Wildman–Crippen LogP) is 4.68. The number of hydrogen-bond acceptors (Lipinski definition) is 1. The second-order valence-corrected chi connectivity index (χ2v) is 8.15. The van der Waals surface area contributed by atoms with Crippen molar-refractivity contribution in [2.45, 2.75) is 54.4 Å². The normalized spacial score (nSPS) is 15.9. The monoisotopic (exact) mass is 429 g/mol. The van der Waals surface area contributed by atoms with Gasteiger partial charge in [0.25, 0.3) is 0 Å². The molecule has 0 unspecified atom stereocenters. The quantitative estimate of drug-likeness (QED) is 0.559. The number of benzene rings is 1. The van der Waals surface area contributed by atoms with Gasteiger partial charge >= 0.3 is 0 Å². The van der Waals surface area contributed by atoms with Crippen molar-refractivity contribution < 1.29 is 37.5 Å². The Kier molecular flexibility index (Phi) is 7.98. The van der Waals surface area contributed by atoms with Gasteiger partial charge in [-0.05, 0) is 39.2 Å². The SMILES string of the molecule is Cc1c(C)c(C)c2c([c-]cn2C)c1C.[CH2-]C(=O)N1CCC(C)(C)CC1.[Y].